The summed E-state index contributed by atoms with van der Waals surface area (Å²) in [5.74, 6) is 0.602. The second-order valence-corrected chi connectivity index (χ2v) is 5.65. The van der Waals surface area contributed by atoms with Gasteiger partial charge in [0, 0.05) is 11.8 Å². The van der Waals surface area contributed by atoms with Crippen LogP contribution in [-0.2, 0) is 16.6 Å². The third-order valence-electron chi connectivity index (χ3n) is 2.51. The van der Waals surface area contributed by atoms with E-state index in [-0.39, 0.29) is 4.90 Å². The highest BCUT2D eigenvalue weighted by Crippen LogP contribution is 2.24. The van der Waals surface area contributed by atoms with Crippen molar-refractivity contribution in [1.29, 1.82) is 0 Å². The van der Waals surface area contributed by atoms with Crippen LogP contribution in [-0.4, -0.2) is 20.6 Å². The van der Waals surface area contributed by atoms with E-state index in [1.165, 1.54) is 19.3 Å². The third kappa shape index (κ3) is 3.04. The SMILES string of the molecule is CNS(=O)(=O)c1cc(N)ccc1NCc1ccno1. The van der Waals surface area contributed by atoms with E-state index in [0.717, 1.165) is 0 Å². The van der Waals surface area contributed by atoms with Gasteiger partial charge in [-0.3, -0.25) is 0 Å². The fourth-order valence-electron chi connectivity index (χ4n) is 1.53. The minimum Gasteiger partial charge on any atom is -0.399 e. The van der Waals surface area contributed by atoms with Crippen molar-refractivity contribution in [3.63, 3.8) is 0 Å². The Labute approximate surface area is 110 Å². The molecule has 0 fully saturated rings. The molecule has 1 aromatic carbocycles. The van der Waals surface area contributed by atoms with Gasteiger partial charge < -0.3 is 15.6 Å². The van der Waals surface area contributed by atoms with Gasteiger partial charge in [0.15, 0.2) is 5.76 Å². The highest BCUT2D eigenvalue weighted by atomic mass is 32.2. The van der Waals surface area contributed by atoms with Gasteiger partial charge in [0.25, 0.3) is 0 Å². The van der Waals surface area contributed by atoms with E-state index in [0.29, 0.717) is 23.7 Å². The first-order valence-electron chi connectivity index (χ1n) is 5.49. The van der Waals surface area contributed by atoms with Gasteiger partial charge in [-0.05, 0) is 25.2 Å². The van der Waals surface area contributed by atoms with E-state index in [4.69, 9.17) is 10.3 Å². The molecule has 0 bridgehead atoms. The highest BCUT2D eigenvalue weighted by Gasteiger charge is 2.17. The standard InChI is InChI=1S/C11H14N4O3S/c1-13-19(16,17)11-6-8(12)2-3-10(11)14-7-9-4-5-15-18-9/h2-6,13-14H,7,12H2,1H3. The van der Waals surface area contributed by atoms with Crippen LogP contribution in [0, 0.1) is 0 Å². The van der Waals surface area contributed by atoms with Crippen LogP contribution in [0.1, 0.15) is 5.76 Å². The van der Waals surface area contributed by atoms with Crippen LogP contribution < -0.4 is 15.8 Å². The Hall–Kier alpha value is -2.06. The fraction of sp³-hybridized carbons (Fsp3) is 0.182. The van der Waals surface area contributed by atoms with Crippen molar-refractivity contribution in [2.24, 2.45) is 0 Å². The molecular formula is C11H14N4O3S. The first kappa shape index (κ1) is 13.4. The zero-order chi connectivity index (χ0) is 13.9. The molecule has 2 aromatic rings. The molecule has 0 amide bonds. The van der Waals surface area contributed by atoms with Crippen LogP contribution in [0.3, 0.4) is 0 Å². The van der Waals surface area contributed by atoms with Gasteiger partial charge in [-0.25, -0.2) is 13.1 Å². The topological polar surface area (TPSA) is 110 Å². The number of aromatic nitrogens is 1. The molecule has 0 saturated carbocycles. The predicted octanol–water partition coefficient (Wildman–Crippen LogP) is 0.777. The number of nitrogens with one attached hydrogen (secondary N) is 2. The molecule has 4 N–H and O–H groups in total. The Bertz CT molecular complexity index is 653. The highest BCUT2D eigenvalue weighted by molar-refractivity contribution is 7.89. The van der Waals surface area contributed by atoms with Gasteiger partial charge in [-0.1, -0.05) is 5.16 Å². The molecule has 102 valence electrons. The molecule has 0 aliphatic carbocycles. The monoisotopic (exact) mass is 282 g/mol. The van der Waals surface area contributed by atoms with E-state index in [1.807, 2.05) is 0 Å². The number of sulfonamides is 1. The van der Waals surface area contributed by atoms with Gasteiger partial charge in [-0.15, -0.1) is 0 Å². The number of nitrogen functional groups attached to an aromatic ring is 1. The number of nitrogens with two attached hydrogens (primary N) is 1. The quantitative estimate of drug-likeness (QED) is 0.699. The molecule has 2 rings (SSSR count). The van der Waals surface area contributed by atoms with Gasteiger partial charge in [0.1, 0.15) is 4.90 Å². The summed E-state index contributed by atoms with van der Waals surface area (Å²) in [6, 6.07) is 6.32. The summed E-state index contributed by atoms with van der Waals surface area (Å²) in [5.41, 5.74) is 6.44. The minimum absolute atomic E-state index is 0.0921. The zero-order valence-electron chi connectivity index (χ0n) is 10.3. The Kier molecular flexibility index (Phi) is 3.72. The first-order chi connectivity index (χ1) is 9.03. The largest absolute Gasteiger partial charge is 0.399 e. The number of rotatable bonds is 5. The average molecular weight is 282 g/mol. The normalized spacial score (nSPS) is 11.4. The number of benzene rings is 1. The molecule has 1 heterocycles. The van der Waals surface area contributed by atoms with Crippen molar-refractivity contribution < 1.29 is 12.9 Å². The molecule has 1 aromatic heterocycles. The van der Waals surface area contributed by atoms with Crippen molar-refractivity contribution in [3.8, 4) is 0 Å². The minimum atomic E-state index is -3.58. The van der Waals surface area contributed by atoms with Crippen LogP contribution in [0.25, 0.3) is 0 Å². The number of hydrogen-bond donors (Lipinski definition) is 3. The smallest absolute Gasteiger partial charge is 0.242 e. The maximum absolute atomic E-state index is 11.9. The van der Waals surface area contributed by atoms with Crippen molar-refractivity contribution in [2.45, 2.75) is 11.4 Å². The fourth-order valence-corrected chi connectivity index (χ4v) is 2.47. The molecule has 0 aliphatic heterocycles. The zero-order valence-corrected chi connectivity index (χ0v) is 11.1. The lowest BCUT2D eigenvalue weighted by atomic mass is 10.3. The second kappa shape index (κ2) is 5.29. The third-order valence-corrected chi connectivity index (χ3v) is 3.96. The van der Waals surface area contributed by atoms with Crippen LogP contribution >= 0.6 is 0 Å². The summed E-state index contributed by atoms with van der Waals surface area (Å²) in [6.45, 7) is 0.330. The molecule has 8 heteroatoms. The van der Waals surface area contributed by atoms with Crippen LogP contribution in [0.15, 0.2) is 39.9 Å². The van der Waals surface area contributed by atoms with Crippen molar-refractivity contribution in [2.75, 3.05) is 18.1 Å². The molecule has 0 atom stereocenters. The Morgan fingerprint density at radius 2 is 2.16 bits per heavy atom. The lowest BCUT2D eigenvalue weighted by Crippen LogP contribution is -2.20. The number of nitrogens with zero attached hydrogens (tertiary/aromatic N) is 1. The summed E-state index contributed by atoms with van der Waals surface area (Å²) >= 11 is 0. The molecule has 0 aliphatic rings. The van der Waals surface area contributed by atoms with Crippen LogP contribution in [0.5, 0.6) is 0 Å². The van der Waals surface area contributed by atoms with E-state index in [2.05, 4.69) is 15.2 Å². The van der Waals surface area contributed by atoms with Gasteiger partial charge in [0.05, 0.1) is 18.4 Å². The molecule has 19 heavy (non-hydrogen) atoms. The summed E-state index contributed by atoms with van der Waals surface area (Å²) in [7, 11) is -2.24. The molecule has 0 spiro atoms. The molecular weight excluding hydrogens is 268 g/mol. The number of hydrogen-bond acceptors (Lipinski definition) is 6. The second-order valence-electron chi connectivity index (χ2n) is 3.80. The van der Waals surface area contributed by atoms with Crippen LogP contribution in [0.2, 0.25) is 0 Å². The molecule has 0 saturated heterocycles. The Balaban J connectivity index is 2.30. The summed E-state index contributed by atoms with van der Waals surface area (Å²) in [4.78, 5) is 0.0921. The summed E-state index contributed by atoms with van der Waals surface area (Å²) < 4.78 is 31.0. The maximum atomic E-state index is 11.9. The van der Waals surface area contributed by atoms with Crippen molar-refractivity contribution >= 4 is 21.4 Å². The summed E-state index contributed by atoms with van der Waals surface area (Å²) in [6.07, 6.45) is 1.52. The van der Waals surface area contributed by atoms with E-state index < -0.39 is 10.0 Å². The lowest BCUT2D eigenvalue weighted by Gasteiger charge is -2.11. The van der Waals surface area contributed by atoms with Gasteiger partial charge in [0.2, 0.25) is 10.0 Å². The Morgan fingerprint density at radius 3 is 2.79 bits per heavy atom. The lowest BCUT2D eigenvalue weighted by molar-refractivity contribution is 0.388. The molecule has 7 nitrogen and oxygen atoms in total. The van der Waals surface area contributed by atoms with E-state index in [1.54, 1.807) is 18.2 Å². The molecule has 0 unspecified atom stereocenters. The predicted molar refractivity (Wildman–Crippen MR) is 70.9 cm³/mol. The molecule has 0 radical (unpaired) electrons. The summed E-state index contributed by atoms with van der Waals surface area (Å²) in [5, 5.41) is 6.55. The van der Waals surface area contributed by atoms with Gasteiger partial charge in [-0.2, -0.15) is 0 Å². The van der Waals surface area contributed by atoms with Crippen LogP contribution in [0.4, 0.5) is 11.4 Å². The van der Waals surface area contributed by atoms with E-state index >= 15 is 0 Å². The van der Waals surface area contributed by atoms with Crippen molar-refractivity contribution in [3.05, 3.63) is 36.2 Å². The Morgan fingerprint density at radius 1 is 1.37 bits per heavy atom. The van der Waals surface area contributed by atoms with Gasteiger partial charge >= 0.3 is 0 Å². The maximum Gasteiger partial charge on any atom is 0.242 e. The van der Waals surface area contributed by atoms with E-state index in [9.17, 15) is 8.42 Å². The number of anilines is 2. The average Bonchev–Trinajstić information content (AvgIpc) is 2.90. The first-order valence-corrected chi connectivity index (χ1v) is 6.98. The van der Waals surface area contributed by atoms with Crippen molar-refractivity contribution in [1.82, 2.24) is 9.88 Å².